The number of amides is 1. The maximum absolute atomic E-state index is 15.0. The van der Waals surface area contributed by atoms with Crippen LogP contribution in [-0.4, -0.2) is 101 Å². The van der Waals surface area contributed by atoms with E-state index in [2.05, 4.69) is 14.6 Å². The predicted molar refractivity (Wildman–Crippen MR) is 196 cm³/mol. The van der Waals surface area contributed by atoms with Crippen LogP contribution in [-0.2, 0) is 14.9 Å². The molecule has 0 bridgehead atoms. The summed E-state index contributed by atoms with van der Waals surface area (Å²) in [6.07, 6.45) is 5.77. The van der Waals surface area contributed by atoms with Crippen molar-refractivity contribution in [2.45, 2.75) is 83.5 Å². The first-order chi connectivity index (χ1) is 24.9. The molecule has 6 rings (SSSR count). The molecule has 3 aliphatic rings. The molecule has 1 amide bonds. The van der Waals surface area contributed by atoms with Crippen molar-refractivity contribution in [1.29, 1.82) is 5.26 Å². The highest BCUT2D eigenvalue weighted by Gasteiger charge is 2.48. The number of nitriles is 1. The summed E-state index contributed by atoms with van der Waals surface area (Å²) in [6.45, 7) is 10.5. The molecule has 286 valence electrons. The minimum absolute atomic E-state index is 0.0366. The molecular weight excluding hydrogens is 706 g/mol. The highest BCUT2D eigenvalue weighted by atomic mass is 32.2. The van der Waals surface area contributed by atoms with Crippen molar-refractivity contribution < 1.29 is 32.2 Å². The molecule has 2 saturated heterocycles. The van der Waals surface area contributed by atoms with E-state index < -0.39 is 33.0 Å². The first-order valence-corrected chi connectivity index (χ1v) is 19.5. The van der Waals surface area contributed by atoms with Gasteiger partial charge in [0.25, 0.3) is 5.56 Å². The second-order valence-corrected chi connectivity index (χ2v) is 17.5. The van der Waals surface area contributed by atoms with Gasteiger partial charge in [0.2, 0.25) is 0 Å². The molecule has 14 nitrogen and oxygen atoms in total. The van der Waals surface area contributed by atoms with Crippen LogP contribution >= 0.6 is 0 Å². The van der Waals surface area contributed by atoms with E-state index in [1.54, 1.807) is 28.8 Å². The predicted octanol–water partition coefficient (Wildman–Crippen LogP) is 4.99. The molecule has 3 heterocycles. The summed E-state index contributed by atoms with van der Waals surface area (Å²) < 4.78 is 56.5. The van der Waals surface area contributed by atoms with Crippen LogP contribution in [0.5, 0.6) is 11.5 Å². The Bertz CT molecular complexity index is 2070. The average molecular weight is 754 g/mol. The van der Waals surface area contributed by atoms with Gasteiger partial charge in [-0.3, -0.25) is 14.1 Å². The summed E-state index contributed by atoms with van der Waals surface area (Å²) in [7, 11) is -2.63. The molecule has 2 aromatic carbocycles. The number of hydrogen-bond acceptors (Lipinski definition) is 10. The molecule has 53 heavy (non-hydrogen) atoms. The molecule has 0 atom stereocenters. The standard InChI is InChI=1S/C37H48FN7O7S/c1-6-42(5)53(49,50)41-31-10-8-29(38)32(28(31)22-39)51-26-7-9-30-27(19-26)33(46)45(24-40-30)25-20-36(21-25)11-15-43(16-12-36)23-37(48)13-17-44(18-14-37)34(47)52-35(2,3)4/h7-10,19,24-25,41,48H,6,11-18,20-21,23H2,1-5H3. The minimum atomic E-state index is -4.00. The Balaban J connectivity index is 1.08. The quantitative estimate of drug-likeness (QED) is 0.304. The van der Waals surface area contributed by atoms with Gasteiger partial charge in [-0.15, -0.1) is 0 Å². The van der Waals surface area contributed by atoms with Gasteiger partial charge in [-0.25, -0.2) is 14.2 Å². The number of likely N-dealkylation sites (tertiary alicyclic amines) is 2. The Morgan fingerprint density at radius 3 is 2.43 bits per heavy atom. The first-order valence-electron chi connectivity index (χ1n) is 18.0. The zero-order valence-electron chi connectivity index (χ0n) is 30.9. The third-order valence-electron chi connectivity index (χ3n) is 10.8. The third kappa shape index (κ3) is 8.28. The van der Waals surface area contributed by atoms with Gasteiger partial charge >= 0.3 is 16.3 Å². The van der Waals surface area contributed by atoms with Crippen molar-refractivity contribution in [3.05, 3.63) is 58.4 Å². The number of β-amino-alcohol motifs (C(OH)–C–C–N with tert-alkyl or cyclic N) is 1. The van der Waals surface area contributed by atoms with Gasteiger partial charge in [0.05, 0.1) is 28.5 Å². The van der Waals surface area contributed by atoms with E-state index in [4.69, 9.17) is 9.47 Å². The Morgan fingerprint density at radius 1 is 1.13 bits per heavy atom. The lowest BCUT2D eigenvalue weighted by Gasteiger charge is -2.53. The van der Waals surface area contributed by atoms with Crippen LogP contribution in [0, 0.1) is 22.6 Å². The van der Waals surface area contributed by atoms with E-state index in [1.165, 1.54) is 19.2 Å². The number of anilines is 1. The summed E-state index contributed by atoms with van der Waals surface area (Å²) in [5.41, 5.74) is -1.63. The molecular formula is C37H48FN7O7S. The minimum Gasteiger partial charge on any atom is -0.453 e. The van der Waals surface area contributed by atoms with Gasteiger partial charge in [0, 0.05) is 39.3 Å². The lowest BCUT2D eigenvalue weighted by Crippen LogP contribution is -2.55. The van der Waals surface area contributed by atoms with E-state index in [9.17, 15) is 28.4 Å². The fourth-order valence-electron chi connectivity index (χ4n) is 7.53. The molecule has 3 fully saturated rings. The number of aliphatic hydroxyl groups is 1. The monoisotopic (exact) mass is 753 g/mol. The van der Waals surface area contributed by atoms with Crippen LogP contribution < -0.4 is 15.0 Å². The lowest BCUT2D eigenvalue weighted by molar-refractivity contribution is -0.0703. The van der Waals surface area contributed by atoms with Crippen LogP contribution in [0.1, 0.15) is 77.8 Å². The maximum Gasteiger partial charge on any atom is 0.410 e. The fourth-order valence-corrected chi connectivity index (χ4v) is 8.48. The van der Waals surface area contributed by atoms with Gasteiger partial charge < -0.3 is 24.4 Å². The molecule has 0 radical (unpaired) electrons. The number of benzene rings is 2. The number of halogens is 1. The van der Waals surface area contributed by atoms with Crippen LogP contribution in [0.15, 0.2) is 41.5 Å². The van der Waals surface area contributed by atoms with E-state index in [1.807, 2.05) is 26.8 Å². The Morgan fingerprint density at radius 2 is 1.81 bits per heavy atom. The molecule has 0 unspecified atom stereocenters. The molecule has 1 aliphatic carbocycles. The van der Waals surface area contributed by atoms with E-state index >= 15 is 4.39 Å². The molecule has 2 aliphatic heterocycles. The number of hydrogen-bond donors (Lipinski definition) is 2. The first kappa shape index (κ1) is 38.4. The van der Waals surface area contributed by atoms with Crippen molar-refractivity contribution in [3.8, 4) is 17.6 Å². The van der Waals surface area contributed by atoms with Crippen molar-refractivity contribution in [1.82, 2.24) is 23.7 Å². The number of aromatic nitrogens is 2. The van der Waals surface area contributed by atoms with Gasteiger partial charge in [-0.05, 0) is 108 Å². The Labute approximate surface area is 309 Å². The number of nitrogens with one attached hydrogen (secondary N) is 1. The van der Waals surface area contributed by atoms with Crippen molar-refractivity contribution in [2.24, 2.45) is 5.41 Å². The van der Waals surface area contributed by atoms with Gasteiger partial charge in [0.15, 0.2) is 11.6 Å². The topological polar surface area (TPSA) is 170 Å². The number of carbonyl (C=O) groups is 1. The zero-order chi connectivity index (χ0) is 38.3. The summed E-state index contributed by atoms with van der Waals surface area (Å²) in [5.74, 6) is -1.26. The van der Waals surface area contributed by atoms with E-state index in [0.29, 0.717) is 38.0 Å². The second-order valence-electron chi connectivity index (χ2n) is 15.7. The largest absolute Gasteiger partial charge is 0.453 e. The zero-order valence-corrected chi connectivity index (χ0v) is 31.7. The Kier molecular flexibility index (Phi) is 10.5. The van der Waals surface area contributed by atoms with Crippen molar-refractivity contribution in [2.75, 3.05) is 51.0 Å². The average Bonchev–Trinajstić information content (AvgIpc) is 3.08. The highest BCUT2D eigenvalue weighted by molar-refractivity contribution is 7.90. The van der Waals surface area contributed by atoms with E-state index in [0.717, 1.165) is 55.2 Å². The fraction of sp³-hybridized carbons (Fsp3) is 0.568. The number of rotatable bonds is 9. The van der Waals surface area contributed by atoms with Crippen molar-refractivity contribution >= 4 is 32.9 Å². The van der Waals surface area contributed by atoms with Gasteiger partial charge in [-0.1, -0.05) is 6.92 Å². The van der Waals surface area contributed by atoms with Crippen LogP contribution in [0.4, 0.5) is 14.9 Å². The SMILES string of the molecule is CCN(C)S(=O)(=O)Nc1ccc(F)c(Oc2ccc3ncn(C4CC5(CCN(CC6(O)CCN(C(=O)OC(C)(C)C)CC6)CC5)C4)c(=O)c3c2)c1C#N. The molecule has 1 spiro atoms. The maximum atomic E-state index is 15.0. The summed E-state index contributed by atoms with van der Waals surface area (Å²) in [4.78, 5) is 34.7. The van der Waals surface area contributed by atoms with Crippen LogP contribution in [0.25, 0.3) is 10.9 Å². The number of piperidine rings is 2. The number of nitrogens with zero attached hydrogens (tertiary/aromatic N) is 6. The summed E-state index contributed by atoms with van der Waals surface area (Å²) in [6, 6.07) is 8.51. The molecule has 2 N–H and O–H groups in total. The highest BCUT2D eigenvalue weighted by Crippen LogP contribution is 2.54. The Hall–Kier alpha value is -4.30. The second kappa shape index (κ2) is 14.5. The number of ether oxygens (including phenoxy) is 2. The number of fused-ring (bicyclic) bond motifs is 1. The third-order valence-corrected chi connectivity index (χ3v) is 12.4. The van der Waals surface area contributed by atoms with Crippen molar-refractivity contribution in [3.63, 3.8) is 0 Å². The lowest BCUT2D eigenvalue weighted by atomic mass is 9.60. The van der Waals surface area contributed by atoms with Crippen LogP contribution in [0.3, 0.4) is 0 Å². The van der Waals surface area contributed by atoms with E-state index in [-0.39, 0.29) is 52.0 Å². The summed E-state index contributed by atoms with van der Waals surface area (Å²) >= 11 is 0. The number of carbonyl (C=O) groups excluding carboxylic acids is 1. The molecule has 1 saturated carbocycles. The molecule has 16 heteroatoms. The van der Waals surface area contributed by atoms with Crippen LogP contribution in [0.2, 0.25) is 0 Å². The normalized spacial score (nSPS) is 19.2. The van der Waals surface area contributed by atoms with Gasteiger partial charge in [0.1, 0.15) is 23.0 Å². The molecule has 1 aromatic heterocycles. The molecule has 3 aromatic rings. The van der Waals surface area contributed by atoms with Gasteiger partial charge in [-0.2, -0.15) is 18.0 Å². The summed E-state index contributed by atoms with van der Waals surface area (Å²) in [5, 5.41) is 21.5. The smallest absolute Gasteiger partial charge is 0.410 e.